The molecule has 3 rings (SSSR count). The highest BCUT2D eigenvalue weighted by molar-refractivity contribution is 8.00. The quantitative estimate of drug-likeness (QED) is 0.436. The second-order valence-corrected chi connectivity index (χ2v) is 7.77. The van der Waals surface area contributed by atoms with Crippen LogP contribution in [-0.2, 0) is 10.5 Å². The van der Waals surface area contributed by atoms with Gasteiger partial charge in [0, 0.05) is 17.1 Å². The first-order valence-corrected chi connectivity index (χ1v) is 9.93. The maximum atomic E-state index is 12.1. The second kappa shape index (κ2) is 8.88. The summed E-state index contributed by atoms with van der Waals surface area (Å²) in [5.74, 6) is 0.657. The van der Waals surface area contributed by atoms with E-state index in [1.165, 1.54) is 29.2 Å². The molecule has 0 amide bonds. The molecule has 0 aliphatic heterocycles. The number of aryl methyl sites for hydroxylation is 2. The van der Waals surface area contributed by atoms with E-state index >= 15 is 0 Å². The molecule has 0 saturated heterocycles. The Balaban J connectivity index is 1.53. The van der Waals surface area contributed by atoms with Crippen molar-refractivity contribution in [2.24, 2.45) is 0 Å². The van der Waals surface area contributed by atoms with Gasteiger partial charge in [-0.1, -0.05) is 29.5 Å². The minimum atomic E-state index is -0.678. The highest BCUT2D eigenvalue weighted by Gasteiger charge is 2.12. The Kier molecular flexibility index (Phi) is 6.31. The van der Waals surface area contributed by atoms with Gasteiger partial charge >= 0.3 is 5.97 Å². The Labute approximate surface area is 164 Å². The van der Waals surface area contributed by atoms with Gasteiger partial charge in [0.2, 0.25) is 11.2 Å². The molecule has 0 saturated carbocycles. The molecular formula is C19H17NO5S2. The fourth-order valence-corrected chi connectivity index (χ4v) is 3.79. The Morgan fingerprint density at radius 2 is 2.04 bits per heavy atom. The minimum absolute atomic E-state index is 0.161. The van der Waals surface area contributed by atoms with Crippen LogP contribution in [0.3, 0.4) is 0 Å². The predicted molar refractivity (Wildman–Crippen MR) is 104 cm³/mol. The highest BCUT2D eigenvalue weighted by Crippen LogP contribution is 2.26. The van der Waals surface area contributed by atoms with E-state index in [-0.39, 0.29) is 12.4 Å². The molecule has 27 heavy (non-hydrogen) atoms. The van der Waals surface area contributed by atoms with Crippen LogP contribution in [0, 0.1) is 13.8 Å². The van der Waals surface area contributed by atoms with Crippen LogP contribution in [0.5, 0.6) is 11.5 Å². The van der Waals surface area contributed by atoms with Gasteiger partial charge in [-0.05, 0) is 26.0 Å². The first kappa shape index (κ1) is 19.2. The van der Waals surface area contributed by atoms with Crippen molar-refractivity contribution in [2.45, 2.75) is 23.9 Å². The molecule has 0 fully saturated rings. The van der Waals surface area contributed by atoms with Crippen molar-refractivity contribution >= 4 is 29.1 Å². The normalized spacial score (nSPS) is 10.6. The van der Waals surface area contributed by atoms with E-state index in [0.717, 1.165) is 21.9 Å². The lowest BCUT2D eigenvalue weighted by Crippen LogP contribution is -2.20. The van der Waals surface area contributed by atoms with Crippen LogP contribution in [0.15, 0.2) is 55.5 Å². The number of ether oxygens (including phenoxy) is 2. The van der Waals surface area contributed by atoms with Crippen LogP contribution < -0.4 is 14.9 Å². The van der Waals surface area contributed by atoms with Crippen molar-refractivity contribution in [1.29, 1.82) is 0 Å². The summed E-state index contributed by atoms with van der Waals surface area (Å²) in [6.45, 7) is 3.58. The number of thiazole rings is 1. The third-order valence-corrected chi connectivity index (χ3v) is 5.55. The van der Waals surface area contributed by atoms with Gasteiger partial charge in [-0.2, -0.15) is 0 Å². The average Bonchev–Trinajstić information content (AvgIpc) is 3.07. The predicted octanol–water partition coefficient (Wildman–Crippen LogP) is 3.99. The monoisotopic (exact) mass is 403 g/mol. The van der Waals surface area contributed by atoms with Gasteiger partial charge in [0.15, 0.2) is 10.9 Å². The van der Waals surface area contributed by atoms with Crippen LogP contribution in [-0.4, -0.2) is 17.6 Å². The van der Waals surface area contributed by atoms with E-state index in [1.54, 1.807) is 12.1 Å². The average molecular weight is 403 g/mol. The minimum Gasteiger partial charge on any atom is -0.482 e. The van der Waals surface area contributed by atoms with Crippen molar-refractivity contribution in [3.05, 3.63) is 69.2 Å². The van der Waals surface area contributed by atoms with Crippen molar-refractivity contribution in [2.75, 3.05) is 6.61 Å². The summed E-state index contributed by atoms with van der Waals surface area (Å²) in [5, 5.41) is 1.96. The van der Waals surface area contributed by atoms with Gasteiger partial charge in [0.25, 0.3) is 0 Å². The van der Waals surface area contributed by atoms with Crippen molar-refractivity contribution in [3.63, 3.8) is 0 Å². The summed E-state index contributed by atoms with van der Waals surface area (Å²) >= 11 is 3.01. The third kappa shape index (κ3) is 5.70. The lowest BCUT2D eigenvalue weighted by atomic mass is 10.2. The Bertz CT molecular complexity index is 978. The summed E-state index contributed by atoms with van der Waals surface area (Å²) in [6.07, 6.45) is 1.15. The van der Waals surface area contributed by atoms with Crippen molar-refractivity contribution < 1.29 is 18.7 Å². The van der Waals surface area contributed by atoms with Crippen LogP contribution in [0.4, 0.5) is 0 Å². The van der Waals surface area contributed by atoms with Crippen molar-refractivity contribution in [1.82, 2.24) is 4.98 Å². The smallest absolute Gasteiger partial charge is 0.349 e. The number of benzene rings is 1. The zero-order chi connectivity index (χ0) is 19.2. The maximum absolute atomic E-state index is 12.1. The number of carbonyl (C=O) groups excluding carboxylic acids is 1. The van der Waals surface area contributed by atoms with E-state index in [9.17, 15) is 9.59 Å². The molecule has 0 atom stereocenters. The van der Waals surface area contributed by atoms with Crippen LogP contribution >= 0.6 is 23.1 Å². The first-order chi connectivity index (χ1) is 13.0. The third-order valence-electron chi connectivity index (χ3n) is 3.39. The van der Waals surface area contributed by atoms with Gasteiger partial charge in [0.05, 0.1) is 5.75 Å². The van der Waals surface area contributed by atoms with E-state index in [2.05, 4.69) is 4.98 Å². The Morgan fingerprint density at radius 3 is 2.70 bits per heavy atom. The maximum Gasteiger partial charge on any atom is 0.349 e. The SMILES string of the molecule is Cc1ccc(OCC(=O)Oc2coc(CSc3nc(C)cs3)cc2=O)cc1. The molecule has 2 aromatic heterocycles. The summed E-state index contributed by atoms with van der Waals surface area (Å²) in [4.78, 5) is 28.3. The zero-order valence-corrected chi connectivity index (χ0v) is 16.4. The van der Waals surface area contributed by atoms with Crippen molar-refractivity contribution in [3.8, 4) is 11.5 Å². The number of esters is 1. The standard InChI is InChI=1S/C19H17NO5S2/c1-12-3-5-14(6-4-12)24-9-18(22)25-17-8-23-15(7-16(17)21)11-27-19-20-13(2)10-26-19/h3-8,10H,9,11H2,1-2H3. The fraction of sp³-hybridized carbons (Fsp3) is 0.211. The molecule has 8 heteroatoms. The largest absolute Gasteiger partial charge is 0.482 e. The molecule has 1 aromatic carbocycles. The summed E-state index contributed by atoms with van der Waals surface area (Å²) in [5.41, 5.74) is 1.63. The number of hydrogen-bond acceptors (Lipinski definition) is 8. The van der Waals surface area contributed by atoms with E-state index in [4.69, 9.17) is 13.9 Å². The molecular weight excluding hydrogens is 386 g/mol. The van der Waals surface area contributed by atoms with E-state index in [0.29, 0.717) is 17.3 Å². The summed E-state index contributed by atoms with van der Waals surface area (Å²) in [7, 11) is 0. The fourth-order valence-electron chi connectivity index (χ4n) is 2.05. The van der Waals surface area contributed by atoms with Gasteiger partial charge in [-0.15, -0.1) is 11.3 Å². The molecule has 2 heterocycles. The molecule has 0 radical (unpaired) electrons. The van der Waals surface area contributed by atoms with Gasteiger partial charge in [-0.3, -0.25) is 4.79 Å². The summed E-state index contributed by atoms with van der Waals surface area (Å²) < 4.78 is 16.6. The molecule has 140 valence electrons. The Hall–Kier alpha value is -2.58. The molecule has 0 bridgehead atoms. The number of carbonyl (C=O) groups is 1. The number of hydrogen-bond donors (Lipinski definition) is 0. The van der Waals surface area contributed by atoms with E-state index in [1.807, 2.05) is 31.4 Å². The lowest BCUT2D eigenvalue weighted by molar-refractivity contribution is -0.136. The molecule has 3 aromatic rings. The van der Waals surface area contributed by atoms with Gasteiger partial charge in [0.1, 0.15) is 17.8 Å². The Morgan fingerprint density at radius 1 is 1.26 bits per heavy atom. The molecule has 0 aliphatic rings. The van der Waals surface area contributed by atoms with Gasteiger partial charge < -0.3 is 13.9 Å². The number of rotatable bonds is 7. The molecule has 0 N–H and O–H groups in total. The molecule has 0 unspecified atom stereocenters. The zero-order valence-electron chi connectivity index (χ0n) is 14.8. The number of thioether (sulfide) groups is 1. The van der Waals surface area contributed by atoms with Crippen LogP contribution in [0.2, 0.25) is 0 Å². The number of aromatic nitrogens is 1. The second-order valence-electron chi connectivity index (χ2n) is 5.69. The molecule has 6 nitrogen and oxygen atoms in total. The van der Waals surface area contributed by atoms with Crippen LogP contribution in [0.25, 0.3) is 0 Å². The molecule has 0 spiro atoms. The summed E-state index contributed by atoms with van der Waals surface area (Å²) in [6, 6.07) is 8.58. The van der Waals surface area contributed by atoms with E-state index < -0.39 is 11.4 Å². The first-order valence-electron chi connectivity index (χ1n) is 8.06. The number of nitrogens with zero attached hydrogens (tertiary/aromatic N) is 1. The topological polar surface area (TPSA) is 78.6 Å². The van der Waals surface area contributed by atoms with Gasteiger partial charge in [-0.25, -0.2) is 9.78 Å². The highest BCUT2D eigenvalue weighted by atomic mass is 32.2. The van der Waals surface area contributed by atoms with Crippen LogP contribution in [0.1, 0.15) is 17.0 Å². The lowest BCUT2D eigenvalue weighted by Gasteiger charge is -2.07. The molecule has 0 aliphatic carbocycles.